The number of rotatable bonds is 8. The molecule has 1 fully saturated rings. The van der Waals surface area contributed by atoms with Crippen molar-refractivity contribution in [2.24, 2.45) is 0 Å². The van der Waals surface area contributed by atoms with Crippen LogP contribution in [-0.2, 0) is 4.79 Å². The number of benzene rings is 1. The average molecular weight is 303 g/mol. The minimum absolute atomic E-state index is 0.0947. The van der Waals surface area contributed by atoms with E-state index in [4.69, 9.17) is 0 Å². The van der Waals surface area contributed by atoms with E-state index < -0.39 is 0 Å². The van der Waals surface area contributed by atoms with Crippen LogP contribution in [-0.4, -0.2) is 44.0 Å². The Bertz CT molecular complexity index is 452. The molecule has 122 valence electrons. The van der Waals surface area contributed by atoms with E-state index in [1.54, 1.807) is 0 Å². The maximum Gasteiger partial charge on any atom is 0.225 e. The van der Waals surface area contributed by atoms with Crippen LogP contribution in [0.2, 0.25) is 0 Å². The van der Waals surface area contributed by atoms with E-state index in [0.717, 1.165) is 31.9 Å². The highest BCUT2D eigenvalue weighted by molar-refractivity contribution is 5.91. The average Bonchev–Trinajstić information content (AvgIpc) is 3.06. The van der Waals surface area contributed by atoms with Crippen LogP contribution in [0.5, 0.6) is 0 Å². The molecule has 1 heterocycles. The molecular weight excluding hydrogens is 274 g/mol. The molecule has 1 amide bonds. The number of unbranched alkanes of at least 4 members (excludes halogenated alkanes) is 1. The van der Waals surface area contributed by atoms with Gasteiger partial charge < -0.3 is 15.1 Å². The lowest BCUT2D eigenvalue weighted by atomic mass is 10.2. The zero-order valence-electron chi connectivity index (χ0n) is 14.0. The first kappa shape index (κ1) is 16.8. The predicted octanol–water partition coefficient (Wildman–Crippen LogP) is 3.35. The molecule has 1 N–H and O–H groups in total. The first-order valence-electron chi connectivity index (χ1n) is 8.52. The standard InChI is InChI=1S/C18H29N3O/c1-3-4-12-20(2)15-11-18(22)19-16-7-9-17(10-8-16)21-13-5-6-14-21/h7-10H,3-6,11-15H2,1-2H3,(H,19,22). The van der Waals surface area contributed by atoms with Gasteiger partial charge in [0, 0.05) is 37.4 Å². The molecule has 0 aliphatic carbocycles. The first-order valence-corrected chi connectivity index (χ1v) is 8.52. The second-order valence-electron chi connectivity index (χ2n) is 6.20. The maximum atomic E-state index is 12.0. The molecule has 2 rings (SSSR count). The van der Waals surface area contributed by atoms with Crippen LogP contribution in [0.25, 0.3) is 0 Å². The van der Waals surface area contributed by atoms with Crippen LogP contribution < -0.4 is 10.2 Å². The summed E-state index contributed by atoms with van der Waals surface area (Å²) < 4.78 is 0. The molecule has 0 bridgehead atoms. The number of hydrogen-bond donors (Lipinski definition) is 1. The van der Waals surface area contributed by atoms with Gasteiger partial charge in [-0.2, -0.15) is 0 Å². The van der Waals surface area contributed by atoms with Crippen LogP contribution in [0.3, 0.4) is 0 Å². The molecule has 1 aromatic carbocycles. The fraction of sp³-hybridized carbons (Fsp3) is 0.611. The summed E-state index contributed by atoms with van der Waals surface area (Å²) in [6.07, 6.45) is 5.50. The molecule has 0 saturated carbocycles. The Kier molecular flexibility index (Phi) is 6.72. The molecule has 0 radical (unpaired) electrons. The van der Waals surface area contributed by atoms with Gasteiger partial charge in [-0.25, -0.2) is 0 Å². The third-order valence-corrected chi connectivity index (χ3v) is 4.24. The lowest BCUT2D eigenvalue weighted by Gasteiger charge is -2.18. The van der Waals surface area contributed by atoms with Crippen molar-refractivity contribution in [3.63, 3.8) is 0 Å². The Labute approximate surface area is 134 Å². The summed E-state index contributed by atoms with van der Waals surface area (Å²) >= 11 is 0. The summed E-state index contributed by atoms with van der Waals surface area (Å²) in [7, 11) is 2.08. The van der Waals surface area contributed by atoms with Crippen molar-refractivity contribution in [1.29, 1.82) is 0 Å². The molecular formula is C18H29N3O. The lowest BCUT2D eigenvalue weighted by molar-refractivity contribution is -0.116. The quantitative estimate of drug-likeness (QED) is 0.800. The number of anilines is 2. The van der Waals surface area contributed by atoms with E-state index in [0.29, 0.717) is 6.42 Å². The van der Waals surface area contributed by atoms with E-state index in [1.807, 2.05) is 12.1 Å². The van der Waals surface area contributed by atoms with Crippen molar-refractivity contribution in [1.82, 2.24) is 4.90 Å². The molecule has 0 spiro atoms. The molecule has 22 heavy (non-hydrogen) atoms. The minimum Gasteiger partial charge on any atom is -0.372 e. The van der Waals surface area contributed by atoms with Gasteiger partial charge >= 0.3 is 0 Å². The highest BCUT2D eigenvalue weighted by Gasteiger charge is 2.12. The molecule has 1 saturated heterocycles. The molecule has 1 aliphatic heterocycles. The van der Waals surface area contributed by atoms with Crippen molar-refractivity contribution < 1.29 is 4.79 Å². The number of nitrogens with zero attached hydrogens (tertiary/aromatic N) is 2. The van der Waals surface area contributed by atoms with Crippen LogP contribution in [0.15, 0.2) is 24.3 Å². The Morgan fingerprint density at radius 1 is 1.18 bits per heavy atom. The summed E-state index contributed by atoms with van der Waals surface area (Å²) in [5, 5.41) is 2.99. The Morgan fingerprint density at radius 2 is 1.86 bits per heavy atom. The summed E-state index contributed by atoms with van der Waals surface area (Å²) in [6.45, 7) is 6.37. The number of carbonyl (C=O) groups excluding carboxylic acids is 1. The van der Waals surface area contributed by atoms with E-state index >= 15 is 0 Å². The predicted molar refractivity (Wildman–Crippen MR) is 93.5 cm³/mol. The largest absolute Gasteiger partial charge is 0.372 e. The fourth-order valence-corrected chi connectivity index (χ4v) is 2.79. The van der Waals surface area contributed by atoms with Crippen LogP contribution >= 0.6 is 0 Å². The number of amides is 1. The Balaban J connectivity index is 1.74. The smallest absolute Gasteiger partial charge is 0.225 e. The number of nitrogens with one attached hydrogen (secondary N) is 1. The van der Waals surface area contributed by atoms with Crippen LogP contribution in [0.1, 0.15) is 39.0 Å². The lowest BCUT2D eigenvalue weighted by Crippen LogP contribution is -2.25. The van der Waals surface area contributed by atoms with Gasteiger partial charge in [0.15, 0.2) is 0 Å². The number of carbonyl (C=O) groups is 1. The second kappa shape index (κ2) is 8.79. The van der Waals surface area contributed by atoms with E-state index in [9.17, 15) is 4.79 Å². The highest BCUT2D eigenvalue weighted by Crippen LogP contribution is 2.22. The number of hydrogen-bond acceptors (Lipinski definition) is 3. The molecule has 0 atom stereocenters. The maximum absolute atomic E-state index is 12.0. The van der Waals surface area contributed by atoms with Gasteiger partial charge in [-0.05, 0) is 57.1 Å². The molecule has 1 aliphatic rings. The topological polar surface area (TPSA) is 35.6 Å². The van der Waals surface area contributed by atoms with Crippen molar-refractivity contribution in [2.75, 3.05) is 43.4 Å². The van der Waals surface area contributed by atoms with E-state index in [-0.39, 0.29) is 5.91 Å². The van der Waals surface area contributed by atoms with Gasteiger partial charge in [-0.1, -0.05) is 13.3 Å². The highest BCUT2D eigenvalue weighted by atomic mass is 16.1. The minimum atomic E-state index is 0.0947. The molecule has 1 aromatic rings. The van der Waals surface area contributed by atoms with E-state index in [2.05, 4.69) is 41.2 Å². The zero-order chi connectivity index (χ0) is 15.8. The van der Waals surface area contributed by atoms with Crippen LogP contribution in [0, 0.1) is 0 Å². The molecule has 0 unspecified atom stereocenters. The van der Waals surface area contributed by atoms with Gasteiger partial charge in [0.1, 0.15) is 0 Å². The van der Waals surface area contributed by atoms with Gasteiger partial charge in [0.05, 0.1) is 0 Å². The van der Waals surface area contributed by atoms with Crippen molar-refractivity contribution in [3.8, 4) is 0 Å². The third kappa shape index (κ3) is 5.34. The van der Waals surface area contributed by atoms with E-state index in [1.165, 1.54) is 31.4 Å². The third-order valence-electron chi connectivity index (χ3n) is 4.24. The van der Waals surface area contributed by atoms with Crippen molar-refractivity contribution >= 4 is 17.3 Å². The van der Waals surface area contributed by atoms with Gasteiger partial charge in [-0.3, -0.25) is 4.79 Å². The van der Waals surface area contributed by atoms with Gasteiger partial charge in [-0.15, -0.1) is 0 Å². The summed E-state index contributed by atoms with van der Waals surface area (Å²) in [6, 6.07) is 8.22. The van der Waals surface area contributed by atoms with Crippen molar-refractivity contribution in [2.45, 2.75) is 39.0 Å². The molecule has 4 nitrogen and oxygen atoms in total. The molecule has 0 aromatic heterocycles. The van der Waals surface area contributed by atoms with Crippen LogP contribution in [0.4, 0.5) is 11.4 Å². The normalized spacial score (nSPS) is 14.6. The Hall–Kier alpha value is -1.55. The van der Waals surface area contributed by atoms with Gasteiger partial charge in [0.25, 0.3) is 0 Å². The second-order valence-corrected chi connectivity index (χ2v) is 6.20. The molecule has 4 heteroatoms. The SMILES string of the molecule is CCCCN(C)CCC(=O)Nc1ccc(N2CCCC2)cc1. The fourth-order valence-electron chi connectivity index (χ4n) is 2.79. The Morgan fingerprint density at radius 3 is 2.50 bits per heavy atom. The van der Waals surface area contributed by atoms with Gasteiger partial charge in [0.2, 0.25) is 5.91 Å². The summed E-state index contributed by atoms with van der Waals surface area (Å²) in [4.78, 5) is 16.6. The monoisotopic (exact) mass is 303 g/mol. The van der Waals surface area contributed by atoms with Crippen molar-refractivity contribution in [3.05, 3.63) is 24.3 Å². The summed E-state index contributed by atoms with van der Waals surface area (Å²) in [5.74, 6) is 0.0947. The summed E-state index contributed by atoms with van der Waals surface area (Å²) in [5.41, 5.74) is 2.15. The first-order chi connectivity index (χ1) is 10.7. The zero-order valence-corrected chi connectivity index (χ0v) is 14.0.